The standard InChI is InChI=1S/C9H10NP/c10-7-9-3-1-2-8(6-9)4-5-11/h1-3,6H,4-5,11H2. The third-order valence-electron chi connectivity index (χ3n) is 1.49. The zero-order chi connectivity index (χ0) is 8.10. The van der Waals surface area contributed by atoms with Crippen LogP contribution in [0.2, 0.25) is 0 Å². The van der Waals surface area contributed by atoms with E-state index in [-0.39, 0.29) is 0 Å². The molecule has 0 aromatic heterocycles. The monoisotopic (exact) mass is 163 g/mol. The second kappa shape index (κ2) is 4.11. The van der Waals surface area contributed by atoms with Gasteiger partial charge in [-0.1, -0.05) is 12.1 Å². The molecule has 0 heterocycles. The molecule has 0 saturated heterocycles. The third kappa shape index (κ3) is 2.33. The summed E-state index contributed by atoms with van der Waals surface area (Å²) in [4.78, 5) is 0. The highest BCUT2D eigenvalue weighted by Gasteiger charge is 1.92. The van der Waals surface area contributed by atoms with E-state index < -0.39 is 0 Å². The zero-order valence-electron chi connectivity index (χ0n) is 6.25. The highest BCUT2D eigenvalue weighted by atomic mass is 31.0. The van der Waals surface area contributed by atoms with Crippen molar-refractivity contribution in [2.75, 3.05) is 6.16 Å². The fourth-order valence-corrected chi connectivity index (χ4v) is 1.30. The van der Waals surface area contributed by atoms with Gasteiger partial charge in [0.15, 0.2) is 0 Å². The molecular formula is C9H10NP. The highest BCUT2D eigenvalue weighted by Crippen LogP contribution is 2.05. The zero-order valence-corrected chi connectivity index (χ0v) is 7.40. The molecule has 1 aromatic carbocycles. The molecule has 0 spiro atoms. The predicted molar refractivity (Wildman–Crippen MR) is 49.4 cm³/mol. The Labute approximate surface area is 69.2 Å². The number of nitriles is 1. The number of aryl methyl sites for hydroxylation is 1. The summed E-state index contributed by atoms with van der Waals surface area (Å²) in [5.41, 5.74) is 1.99. The highest BCUT2D eigenvalue weighted by molar-refractivity contribution is 7.16. The number of hydrogen-bond acceptors (Lipinski definition) is 1. The van der Waals surface area contributed by atoms with Crippen LogP contribution in [0.15, 0.2) is 24.3 Å². The molecule has 0 aliphatic rings. The van der Waals surface area contributed by atoms with Crippen molar-refractivity contribution in [2.45, 2.75) is 6.42 Å². The van der Waals surface area contributed by atoms with Gasteiger partial charge in [0.25, 0.3) is 0 Å². The number of nitrogens with zero attached hydrogens (tertiary/aromatic N) is 1. The summed E-state index contributed by atoms with van der Waals surface area (Å²) in [6.07, 6.45) is 2.08. The molecule has 1 nitrogen and oxygen atoms in total. The normalized spacial score (nSPS) is 9.09. The van der Waals surface area contributed by atoms with E-state index >= 15 is 0 Å². The quantitative estimate of drug-likeness (QED) is 0.611. The van der Waals surface area contributed by atoms with Crippen molar-refractivity contribution < 1.29 is 0 Å². The fourth-order valence-electron chi connectivity index (χ4n) is 0.963. The van der Waals surface area contributed by atoms with E-state index in [2.05, 4.69) is 15.3 Å². The lowest BCUT2D eigenvalue weighted by atomic mass is 10.1. The van der Waals surface area contributed by atoms with Crippen LogP contribution in [-0.4, -0.2) is 6.16 Å². The van der Waals surface area contributed by atoms with E-state index in [1.165, 1.54) is 5.56 Å². The molecular weight excluding hydrogens is 153 g/mol. The van der Waals surface area contributed by atoms with Crippen LogP contribution in [0.3, 0.4) is 0 Å². The Morgan fingerprint density at radius 1 is 1.45 bits per heavy atom. The van der Waals surface area contributed by atoms with E-state index in [9.17, 15) is 0 Å². The van der Waals surface area contributed by atoms with Crippen molar-refractivity contribution in [3.05, 3.63) is 35.4 Å². The van der Waals surface area contributed by atoms with Crippen molar-refractivity contribution in [2.24, 2.45) is 0 Å². The number of benzene rings is 1. The van der Waals surface area contributed by atoms with E-state index in [1.807, 2.05) is 24.3 Å². The lowest BCUT2D eigenvalue weighted by Gasteiger charge is -1.96. The molecule has 2 heteroatoms. The smallest absolute Gasteiger partial charge is 0.0991 e. The maximum Gasteiger partial charge on any atom is 0.0991 e. The van der Waals surface area contributed by atoms with Crippen molar-refractivity contribution in [1.29, 1.82) is 5.26 Å². The number of hydrogen-bond donors (Lipinski definition) is 0. The molecule has 1 atom stereocenters. The third-order valence-corrected chi connectivity index (χ3v) is 1.78. The second-order valence-corrected chi connectivity index (χ2v) is 2.93. The summed E-state index contributed by atoms with van der Waals surface area (Å²) < 4.78 is 0. The van der Waals surface area contributed by atoms with Crippen LogP contribution in [0.5, 0.6) is 0 Å². The lowest BCUT2D eigenvalue weighted by molar-refractivity contribution is 1.16. The maximum absolute atomic E-state index is 8.58. The molecule has 0 bridgehead atoms. The Bertz CT molecular complexity index is 275. The second-order valence-electron chi connectivity index (χ2n) is 2.35. The van der Waals surface area contributed by atoms with Crippen LogP contribution in [0.4, 0.5) is 0 Å². The van der Waals surface area contributed by atoms with Gasteiger partial charge in [-0.2, -0.15) is 5.26 Å². The molecule has 56 valence electrons. The number of rotatable bonds is 2. The lowest BCUT2D eigenvalue weighted by Crippen LogP contribution is -1.85. The van der Waals surface area contributed by atoms with Gasteiger partial charge in [0, 0.05) is 0 Å². The molecule has 1 unspecified atom stereocenters. The van der Waals surface area contributed by atoms with Gasteiger partial charge in [-0.3, -0.25) is 0 Å². The van der Waals surface area contributed by atoms with Crippen LogP contribution in [-0.2, 0) is 6.42 Å². The van der Waals surface area contributed by atoms with Crippen molar-refractivity contribution >= 4 is 9.24 Å². The Morgan fingerprint density at radius 3 is 2.91 bits per heavy atom. The Morgan fingerprint density at radius 2 is 2.27 bits per heavy atom. The van der Waals surface area contributed by atoms with Gasteiger partial charge < -0.3 is 0 Å². The van der Waals surface area contributed by atoms with Crippen LogP contribution in [0, 0.1) is 11.3 Å². The van der Waals surface area contributed by atoms with E-state index in [1.54, 1.807) is 0 Å². The summed E-state index contributed by atoms with van der Waals surface area (Å²) >= 11 is 0. The van der Waals surface area contributed by atoms with Crippen LogP contribution >= 0.6 is 9.24 Å². The molecule has 0 aliphatic carbocycles. The first-order chi connectivity index (χ1) is 5.36. The van der Waals surface area contributed by atoms with Gasteiger partial charge >= 0.3 is 0 Å². The first kappa shape index (κ1) is 8.24. The summed E-state index contributed by atoms with van der Waals surface area (Å²) in [5, 5.41) is 8.58. The van der Waals surface area contributed by atoms with Gasteiger partial charge in [-0.15, -0.1) is 9.24 Å². The SMILES string of the molecule is N#Cc1cccc(CCP)c1. The van der Waals surface area contributed by atoms with Crippen molar-refractivity contribution in [3.63, 3.8) is 0 Å². The van der Waals surface area contributed by atoms with Gasteiger partial charge in [0.05, 0.1) is 11.6 Å². The molecule has 0 fully saturated rings. The topological polar surface area (TPSA) is 23.8 Å². The first-order valence-electron chi connectivity index (χ1n) is 3.56. The van der Waals surface area contributed by atoms with Gasteiger partial charge in [-0.25, -0.2) is 0 Å². The molecule has 0 saturated carbocycles. The molecule has 1 rings (SSSR count). The van der Waals surface area contributed by atoms with Crippen LogP contribution < -0.4 is 0 Å². The minimum atomic E-state index is 0.751. The average molecular weight is 163 g/mol. The molecule has 0 radical (unpaired) electrons. The largest absolute Gasteiger partial charge is 0.192 e. The minimum Gasteiger partial charge on any atom is -0.192 e. The summed E-state index contributed by atoms with van der Waals surface area (Å²) in [6.45, 7) is 0. The van der Waals surface area contributed by atoms with E-state index in [0.717, 1.165) is 18.1 Å². The van der Waals surface area contributed by atoms with Crippen LogP contribution in [0.25, 0.3) is 0 Å². The minimum absolute atomic E-state index is 0.751. The Balaban J connectivity index is 2.85. The molecule has 0 N–H and O–H groups in total. The van der Waals surface area contributed by atoms with E-state index in [4.69, 9.17) is 5.26 Å². The summed E-state index contributed by atoms with van der Waals surface area (Å²) in [6, 6.07) is 9.85. The van der Waals surface area contributed by atoms with Gasteiger partial charge in [0.1, 0.15) is 0 Å². The maximum atomic E-state index is 8.58. The molecule has 1 aromatic rings. The van der Waals surface area contributed by atoms with E-state index in [0.29, 0.717) is 0 Å². The Kier molecular flexibility index (Phi) is 3.08. The summed E-state index contributed by atoms with van der Waals surface area (Å²) in [7, 11) is 2.68. The van der Waals surface area contributed by atoms with Gasteiger partial charge in [0.2, 0.25) is 0 Å². The molecule has 11 heavy (non-hydrogen) atoms. The summed E-state index contributed by atoms with van der Waals surface area (Å²) in [5.74, 6) is 0. The predicted octanol–water partition coefficient (Wildman–Crippen LogP) is 1.98. The van der Waals surface area contributed by atoms with Crippen molar-refractivity contribution in [3.8, 4) is 6.07 Å². The first-order valence-corrected chi connectivity index (χ1v) is 4.37. The van der Waals surface area contributed by atoms with Crippen LogP contribution in [0.1, 0.15) is 11.1 Å². The Hall–Kier alpha value is -0.860. The van der Waals surface area contributed by atoms with Crippen molar-refractivity contribution in [1.82, 2.24) is 0 Å². The van der Waals surface area contributed by atoms with Gasteiger partial charge in [-0.05, 0) is 30.3 Å². The fraction of sp³-hybridized carbons (Fsp3) is 0.222. The average Bonchev–Trinajstić information content (AvgIpc) is 2.06. The molecule has 0 aliphatic heterocycles. The molecule has 0 amide bonds.